The highest BCUT2D eigenvalue weighted by Crippen LogP contribution is 2.00. The van der Waals surface area contributed by atoms with E-state index in [2.05, 4.69) is 10.1 Å². The number of aryl methyl sites for hydroxylation is 1. The van der Waals surface area contributed by atoms with Crippen LogP contribution in [0.2, 0.25) is 0 Å². The number of rotatable bonds is 4. The van der Waals surface area contributed by atoms with Crippen molar-refractivity contribution in [3.05, 3.63) is 11.7 Å². The average molecular weight is 173 g/mol. The molecule has 5 heteroatoms. The van der Waals surface area contributed by atoms with Gasteiger partial charge >= 0.3 is 0 Å². The van der Waals surface area contributed by atoms with Gasteiger partial charge in [-0.05, 0) is 6.26 Å². The molecule has 0 radical (unpaired) electrons. The summed E-state index contributed by atoms with van der Waals surface area (Å²) in [6, 6.07) is 0. The van der Waals surface area contributed by atoms with E-state index in [0.717, 1.165) is 18.0 Å². The first-order valence-electron chi connectivity index (χ1n) is 3.37. The molecule has 0 unspecified atom stereocenters. The molecule has 0 amide bonds. The maximum Gasteiger partial charge on any atom is 0.240 e. The van der Waals surface area contributed by atoms with Gasteiger partial charge in [-0.25, -0.2) is 0 Å². The van der Waals surface area contributed by atoms with Crippen molar-refractivity contribution in [2.24, 2.45) is 5.73 Å². The Morgan fingerprint density at radius 2 is 2.45 bits per heavy atom. The summed E-state index contributed by atoms with van der Waals surface area (Å²) in [7, 11) is 0. The molecule has 0 aliphatic heterocycles. The van der Waals surface area contributed by atoms with Crippen LogP contribution in [0.5, 0.6) is 0 Å². The van der Waals surface area contributed by atoms with E-state index in [1.54, 1.807) is 11.8 Å². The lowest BCUT2D eigenvalue weighted by Crippen LogP contribution is -1.97. The summed E-state index contributed by atoms with van der Waals surface area (Å²) >= 11 is 1.76. The van der Waals surface area contributed by atoms with Crippen molar-refractivity contribution in [1.29, 1.82) is 0 Å². The molecule has 1 rings (SSSR count). The van der Waals surface area contributed by atoms with Crippen molar-refractivity contribution < 1.29 is 4.52 Å². The highest BCUT2D eigenvalue weighted by Gasteiger charge is 2.02. The van der Waals surface area contributed by atoms with Crippen LogP contribution < -0.4 is 5.73 Å². The molecule has 2 N–H and O–H groups in total. The van der Waals surface area contributed by atoms with Crippen LogP contribution in [-0.2, 0) is 13.0 Å². The van der Waals surface area contributed by atoms with E-state index in [1.807, 2.05) is 6.26 Å². The number of aromatic nitrogens is 2. The van der Waals surface area contributed by atoms with Crippen LogP contribution in [0, 0.1) is 0 Å². The van der Waals surface area contributed by atoms with E-state index in [4.69, 9.17) is 10.3 Å². The van der Waals surface area contributed by atoms with Gasteiger partial charge in [-0.15, -0.1) is 0 Å². The van der Waals surface area contributed by atoms with E-state index in [9.17, 15) is 0 Å². The fourth-order valence-electron chi connectivity index (χ4n) is 0.668. The Balaban J connectivity index is 2.44. The minimum absolute atomic E-state index is 0.326. The first-order chi connectivity index (χ1) is 5.36. The fraction of sp³-hybridized carbons (Fsp3) is 0.667. The van der Waals surface area contributed by atoms with Gasteiger partial charge in [0, 0.05) is 12.2 Å². The Hall–Kier alpha value is -0.550. The second kappa shape index (κ2) is 4.35. The Bertz CT molecular complexity index is 213. The molecular weight excluding hydrogens is 162 g/mol. The van der Waals surface area contributed by atoms with Crippen molar-refractivity contribution in [2.45, 2.75) is 13.0 Å². The van der Waals surface area contributed by atoms with Gasteiger partial charge in [0.25, 0.3) is 0 Å². The SMILES string of the molecule is CSCCc1noc(CN)n1. The predicted molar refractivity (Wildman–Crippen MR) is 44.3 cm³/mol. The molecule has 62 valence electrons. The van der Waals surface area contributed by atoms with E-state index >= 15 is 0 Å². The zero-order valence-corrected chi connectivity index (χ0v) is 7.23. The third-order valence-electron chi connectivity index (χ3n) is 1.21. The summed E-state index contributed by atoms with van der Waals surface area (Å²) in [4.78, 5) is 4.05. The molecule has 1 heterocycles. The van der Waals surface area contributed by atoms with Gasteiger partial charge in [-0.1, -0.05) is 5.16 Å². The third kappa shape index (κ3) is 2.51. The van der Waals surface area contributed by atoms with Crippen LogP contribution in [0.15, 0.2) is 4.52 Å². The van der Waals surface area contributed by atoms with Gasteiger partial charge in [0.05, 0.1) is 6.54 Å². The van der Waals surface area contributed by atoms with E-state index in [1.165, 1.54) is 0 Å². The monoisotopic (exact) mass is 173 g/mol. The average Bonchev–Trinajstić information content (AvgIpc) is 2.48. The zero-order chi connectivity index (χ0) is 8.10. The Labute approximate surface area is 69.5 Å². The Morgan fingerprint density at radius 1 is 1.64 bits per heavy atom. The molecule has 0 spiro atoms. The normalized spacial score (nSPS) is 10.4. The van der Waals surface area contributed by atoms with Gasteiger partial charge < -0.3 is 10.3 Å². The summed E-state index contributed by atoms with van der Waals surface area (Å²) in [5.41, 5.74) is 5.29. The smallest absolute Gasteiger partial charge is 0.240 e. The molecule has 0 fully saturated rings. The van der Waals surface area contributed by atoms with Gasteiger partial charge in [0.1, 0.15) is 0 Å². The van der Waals surface area contributed by atoms with Crippen molar-refractivity contribution in [3.63, 3.8) is 0 Å². The number of nitrogens with zero attached hydrogens (tertiary/aromatic N) is 2. The van der Waals surface area contributed by atoms with Crippen LogP contribution in [0.3, 0.4) is 0 Å². The topological polar surface area (TPSA) is 64.9 Å². The summed E-state index contributed by atoms with van der Waals surface area (Å²) < 4.78 is 4.82. The lowest BCUT2D eigenvalue weighted by Gasteiger charge is -1.87. The number of hydrogen-bond acceptors (Lipinski definition) is 5. The highest BCUT2D eigenvalue weighted by atomic mass is 32.2. The van der Waals surface area contributed by atoms with Crippen LogP contribution in [0.1, 0.15) is 11.7 Å². The minimum atomic E-state index is 0.326. The maximum absolute atomic E-state index is 5.29. The summed E-state index contributed by atoms with van der Waals surface area (Å²) in [6.07, 6.45) is 2.90. The van der Waals surface area contributed by atoms with E-state index in [0.29, 0.717) is 12.4 Å². The summed E-state index contributed by atoms with van der Waals surface area (Å²) in [5, 5.41) is 3.75. The largest absolute Gasteiger partial charge is 0.338 e. The maximum atomic E-state index is 5.29. The van der Waals surface area contributed by atoms with E-state index < -0.39 is 0 Å². The fourth-order valence-corrected chi connectivity index (χ4v) is 1.05. The lowest BCUT2D eigenvalue weighted by molar-refractivity contribution is 0.375. The third-order valence-corrected chi connectivity index (χ3v) is 1.83. The van der Waals surface area contributed by atoms with Gasteiger partial charge in [0.2, 0.25) is 5.89 Å². The molecule has 0 saturated carbocycles. The highest BCUT2D eigenvalue weighted by molar-refractivity contribution is 7.98. The van der Waals surface area contributed by atoms with Crippen LogP contribution in [0.25, 0.3) is 0 Å². The molecule has 0 bridgehead atoms. The molecular formula is C6H11N3OS. The quantitative estimate of drug-likeness (QED) is 0.715. The lowest BCUT2D eigenvalue weighted by atomic mass is 10.5. The van der Waals surface area contributed by atoms with Crippen LogP contribution in [0.4, 0.5) is 0 Å². The molecule has 0 aliphatic carbocycles. The molecule has 1 aromatic rings. The molecule has 1 aromatic heterocycles. The first kappa shape index (κ1) is 8.55. The van der Waals surface area contributed by atoms with Crippen molar-refractivity contribution in [1.82, 2.24) is 10.1 Å². The molecule has 11 heavy (non-hydrogen) atoms. The second-order valence-electron chi connectivity index (χ2n) is 2.05. The summed E-state index contributed by atoms with van der Waals surface area (Å²) in [6.45, 7) is 0.326. The Morgan fingerprint density at radius 3 is 3.00 bits per heavy atom. The van der Waals surface area contributed by atoms with Gasteiger partial charge in [0.15, 0.2) is 5.82 Å². The standard InChI is InChI=1S/C6H11N3OS/c1-11-3-2-5-8-6(4-7)10-9-5/h2-4,7H2,1H3. The van der Waals surface area contributed by atoms with Crippen LogP contribution >= 0.6 is 11.8 Å². The predicted octanol–water partition coefficient (Wildman–Crippen LogP) is 0.434. The molecule has 0 aliphatic rings. The minimum Gasteiger partial charge on any atom is -0.338 e. The molecule has 4 nitrogen and oxygen atoms in total. The van der Waals surface area contributed by atoms with Gasteiger partial charge in [-0.3, -0.25) is 0 Å². The number of nitrogens with two attached hydrogens (primary N) is 1. The zero-order valence-electron chi connectivity index (χ0n) is 6.41. The van der Waals surface area contributed by atoms with Crippen molar-refractivity contribution >= 4 is 11.8 Å². The van der Waals surface area contributed by atoms with E-state index in [-0.39, 0.29) is 0 Å². The molecule has 0 atom stereocenters. The second-order valence-corrected chi connectivity index (χ2v) is 3.04. The van der Waals surface area contributed by atoms with Crippen molar-refractivity contribution in [3.8, 4) is 0 Å². The molecule has 0 aromatic carbocycles. The summed E-state index contributed by atoms with van der Waals surface area (Å²) in [5.74, 6) is 2.28. The first-order valence-corrected chi connectivity index (χ1v) is 4.76. The molecule has 0 saturated heterocycles. The number of thioether (sulfide) groups is 1. The number of hydrogen-bond donors (Lipinski definition) is 1. The van der Waals surface area contributed by atoms with Crippen LogP contribution in [-0.4, -0.2) is 22.1 Å². The Kier molecular flexibility index (Phi) is 3.38. The van der Waals surface area contributed by atoms with Gasteiger partial charge in [-0.2, -0.15) is 16.7 Å². The van der Waals surface area contributed by atoms with Crippen molar-refractivity contribution in [2.75, 3.05) is 12.0 Å².